The molecule has 0 aliphatic carbocycles. The molecule has 0 aromatic heterocycles. The molecule has 34 heavy (non-hydrogen) atoms. The lowest BCUT2D eigenvalue weighted by molar-refractivity contribution is -0.144. The van der Waals surface area contributed by atoms with Gasteiger partial charge in [-0.1, -0.05) is 48.0 Å². The number of aliphatic hydroxyl groups excluding tert-OH is 1. The number of carboxylic acids is 2. The lowest BCUT2D eigenvalue weighted by Gasteiger charge is -2.29. The average molecular weight is 489 g/mol. The molecule has 0 saturated carbocycles. The number of carbonyl (C=O) groups excluding carboxylic acids is 3. The van der Waals surface area contributed by atoms with Crippen LogP contribution in [0.3, 0.4) is 0 Å². The van der Waals surface area contributed by atoms with Crippen LogP contribution < -0.4 is 21.7 Å². The number of hydrogen-bond donors (Lipinski definition) is 7. The van der Waals surface area contributed by atoms with E-state index in [0.29, 0.717) is 6.42 Å². The van der Waals surface area contributed by atoms with Crippen LogP contribution in [0.1, 0.15) is 60.8 Å². The third kappa shape index (κ3) is 10.0. The van der Waals surface area contributed by atoms with E-state index in [1.165, 1.54) is 0 Å². The van der Waals surface area contributed by atoms with Crippen molar-refractivity contribution in [1.82, 2.24) is 16.0 Å². The van der Waals surface area contributed by atoms with Gasteiger partial charge in [-0.05, 0) is 24.2 Å². The second-order valence-electron chi connectivity index (χ2n) is 9.20. The van der Waals surface area contributed by atoms with Crippen LogP contribution in [-0.4, -0.2) is 75.3 Å². The largest absolute Gasteiger partial charge is 0.481 e. The lowest BCUT2D eigenvalue weighted by Crippen LogP contribution is -2.60. The van der Waals surface area contributed by atoms with Crippen LogP contribution in [0.25, 0.3) is 0 Å². The third-order valence-corrected chi connectivity index (χ3v) is 5.69. The van der Waals surface area contributed by atoms with Crippen molar-refractivity contribution >= 4 is 29.7 Å². The maximum atomic E-state index is 12.9. The van der Waals surface area contributed by atoms with Gasteiger partial charge in [0.15, 0.2) is 0 Å². The molecule has 0 saturated heterocycles. The second kappa shape index (κ2) is 14.5. The van der Waals surface area contributed by atoms with Gasteiger partial charge < -0.3 is 37.0 Å². The first-order valence-electron chi connectivity index (χ1n) is 11.4. The van der Waals surface area contributed by atoms with Crippen LogP contribution in [0.4, 0.5) is 0 Å². The molecule has 196 valence electrons. The first kappa shape index (κ1) is 31.3. The SMILES string of the molecule is CCC(C)C(N)C(O)C(=O)N[C@H](C(=O)N[C@H](C(=O)N[C@@H](CCC(=O)O)C(=O)O)C(C)C)C(C)C. The molecular weight excluding hydrogens is 448 g/mol. The van der Waals surface area contributed by atoms with Crippen LogP contribution in [0.5, 0.6) is 0 Å². The molecule has 0 aromatic rings. The van der Waals surface area contributed by atoms with Crippen LogP contribution in [0, 0.1) is 17.8 Å². The first-order valence-corrected chi connectivity index (χ1v) is 11.4. The summed E-state index contributed by atoms with van der Waals surface area (Å²) in [4.78, 5) is 60.3. The summed E-state index contributed by atoms with van der Waals surface area (Å²) in [5.74, 6) is -5.91. The summed E-state index contributed by atoms with van der Waals surface area (Å²) in [5.41, 5.74) is 5.93. The predicted molar refractivity (Wildman–Crippen MR) is 123 cm³/mol. The van der Waals surface area contributed by atoms with Crippen molar-refractivity contribution in [3.63, 3.8) is 0 Å². The van der Waals surface area contributed by atoms with Gasteiger partial charge in [0.2, 0.25) is 11.8 Å². The topological polar surface area (TPSA) is 208 Å². The molecule has 0 aliphatic heterocycles. The summed E-state index contributed by atoms with van der Waals surface area (Å²) < 4.78 is 0. The van der Waals surface area contributed by atoms with Gasteiger partial charge in [-0.2, -0.15) is 0 Å². The molecule has 0 rings (SSSR count). The highest BCUT2D eigenvalue weighted by Crippen LogP contribution is 2.12. The highest BCUT2D eigenvalue weighted by molar-refractivity contribution is 5.94. The van der Waals surface area contributed by atoms with E-state index in [1.54, 1.807) is 34.6 Å². The predicted octanol–water partition coefficient (Wildman–Crippen LogP) is -0.563. The van der Waals surface area contributed by atoms with Crippen molar-refractivity contribution in [2.45, 2.75) is 91.1 Å². The molecule has 0 aliphatic rings. The smallest absolute Gasteiger partial charge is 0.326 e. The van der Waals surface area contributed by atoms with Gasteiger partial charge in [0.1, 0.15) is 24.2 Å². The molecule has 0 fully saturated rings. The highest BCUT2D eigenvalue weighted by atomic mass is 16.4. The van der Waals surface area contributed by atoms with Gasteiger partial charge in [0.05, 0.1) is 0 Å². The van der Waals surface area contributed by atoms with Crippen LogP contribution in [0.15, 0.2) is 0 Å². The standard InChI is InChI=1S/C22H40N4O8/c1-7-12(6)15(23)18(29)21(32)26-17(11(4)5)20(31)25-16(10(2)3)19(30)24-13(22(33)34)8-9-14(27)28/h10-13,15-18,29H,7-9,23H2,1-6H3,(H,24,30)(H,25,31)(H,26,32)(H,27,28)(H,33,34)/t12?,13-,15?,16-,17-,18?/m0/s1. The van der Waals surface area contributed by atoms with E-state index in [2.05, 4.69) is 16.0 Å². The van der Waals surface area contributed by atoms with Crippen LogP contribution >= 0.6 is 0 Å². The van der Waals surface area contributed by atoms with E-state index in [1.807, 2.05) is 6.92 Å². The zero-order valence-corrected chi connectivity index (χ0v) is 20.7. The fourth-order valence-corrected chi connectivity index (χ4v) is 3.10. The number of nitrogens with two attached hydrogens (primary N) is 1. The summed E-state index contributed by atoms with van der Waals surface area (Å²) in [6.07, 6.45) is -1.67. The number of amides is 3. The third-order valence-electron chi connectivity index (χ3n) is 5.69. The molecule has 0 spiro atoms. The van der Waals surface area contributed by atoms with Crippen molar-refractivity contribution in [3.05, 3.63) is 0 Å². The van der Waals surface area contributed by atoms with E-state index < -0.39 is 78.2 Å². The molecule has 0 radical (unpaired) electrons. The van der Waals surface area contributed by atoms with E-state index >= 15 is 0 Å². The summed E-state index contributed by atoms with van der Waals surface area (Å²) in [5, 5.41) is 35.6. The van der Waals surface area contributed by atoms with Crippen molar-refractivity contribution in [2.75, 3.05) is 0 Å². The van der Waals surface area contributed by atoms with Crippen LogP contribution in [0.2, 0.25) is 0 Å². The molecule has 3 unspecified atom stereocenters. The molecule has 12 nitrogen and oxygen atoms in total. The molecule has 6 atom stereocenters. The Balaban J connectivity index is 5.44. The minimum Gasteiger partial charge on any atom is -0.481 e. The molecule has 8 N–H and O–H groups in total. The van der Waals surface area contributed by atoms with E-state index in [0.717, 1.165) is 0 Å². The summed E-state index contributed by atoms with van der Waals surface area (Å²) in [7, 11) is 0. The Hall–Kier alpha value is -2.73. The van der Waals surface area contributed by atoms with E-state index in [-0.39, 0.29) is 12.3 Å². The van der Waals surface area contributed by atoms with Crippen molar-refractivity contribution in [3.8, 4) is 0 Å². The van der Waals surface area contributed by atoms with Gasteiger partial charge in [-0.15, -0.1) is 0 Å². The molecule has 3 amide bonds. The number of nitrogens with one attached hydrogen (secondary N) is 3. The summed E-state index contributed by atoms with van der Waals surface area (Å²) in [6, 6.07) is -4.51. The summed E-state index contributed by atoms with van der Waals surface area (Å²) in [6.45, 7) is 10.3. The number of aliphatic carboxylic acids is 2. The number of rotatable bonds is 15. The fourth-order valence-electron chi connectivity index (χ4n) is 3.10. The zero-order chi connectivity index (χ0) is 26.7. The monoisotopic (exact) mass is 488 g/mol. The molecule has 0 aromatic carbocycles. The van der Waals surface area contributed by atoms with E-state index in [4.69, 9.17) is 10.8 Å². The Bertz CT molecular complexity index is 728. The van der Waals surface area contributed by atoms with Crippen molar-refractivity contribution < 1.29 is 39.3 Å². The van der Waals surface area contributed by atoms with Gasteiger partial charge in [0.25, 0.3) is 5.91 Å². The van der Waals surface area contributed by atoms with Crippen LogP contribution in [-0.2, 0) is 24.0 Å². The number of hydrogen-bond acceptors (Lipinski definition) is 7. The van der Waals surface area contributed by atoms with Gasteiger partial charge in [-0.25, -0.2) is 4.79 Å². The first-order chi connectivity index (χ1) is 15.6. The Kier molecular flexibility index (Phi) is 13.3. The number of aliphatic hydroxyl groups is 1. The van der Waals surface area contributed by atoms with E-state index in [9.17, 15) is 34.2 Å². The minimum absolute atomic E-state index is 0.135. The number of carboxylic acid groups (broad SMARTS) is 2. The maximum Gasteiger partial charge on any atom is 0.326 e. The molecule has 12 heteroatoms. The van der Waals surface area contributed by atoms with Gasteiger partial charge in [0, 0.05) is 12.5 Å². The van der Waals surface area contributed by atoms with Crippen molar-refractivity contribution in [2.24, 2.45) is 23.5 Å². The fraction of sp³-hybridized carbons (Fsp3) is 0.773. The zero-order valence-electron chi connectivity index (χ0n) is 20.7. The lowest BCUT2D eigenvalue weighted by atomic mass is 9.94. The quantitative estimate of drug-likeness (QED) is 0.157. The Morgan fingerprint density at radius 3 is 1.62 bits per heavy atom. The molecular formula is C22H40N4O8. The maximum absolute atomic E-state index is 12.9. The minimum atomic E-state index is -1.53. The average Bonchev–Trinajstić information content (AvgIpc) is 2.75. The molecule has 0 bridgehead atoms. The summed E-state index contributed by atoms with van der Waals surface area (Å²) >= 11 is 0. The Labute approximate surface area is 200 Å². The highest BCUT2D eigenvalue weighted by Gasteiger charge is 2.34. The van der Waals surface area contributed by atoms with Gasteiger partial charge in [-0.3, -0.25) is 19.2 Å². The van der Waals surface area contributed by atoms with Crippen molar-refractivity contribution in [1.29, 1.82) is 0 Å². The number of carbonyl (C=O) groups is 5. The second-order valence-corrected chi connectivity index (χ2v) is 9.20. The Morgan fingerprint density at radius 2 is 1.24 bits per heavy atom. The molecule has 0 heterocycles. The van der Waals surface area contributed by atoms with Gasteiger partial charge >= 0.3 is 11.9 Å². The Morgan fingerprint density at radius 1 is 0.794 bits per heavy atom. The normalized spacial score (nSPS) is 16.6.